The highest BCUT2D eigenvalue weighted by Crippen LogP contribution is 2.30. The fourth-order valence-corrected chi connectivity index (χ4v) is 3.57. The van der Waals surface area contributed by atoms with Gasteiger partial charge in [-0.3, -0.25) is 4.79 Å². The molecule has 1 aromatic carbocycles. The summed E-state index contributed by atoms with van der Waals surface area (Å²) in [7, 11) is 1.63. The summed E-state index contributed by atoms with van der Waals surface area (Å²) in [4.78, 5) is 40.5. The predicted molar refractivity (Wildman–Crippen MR) is 127 cm³/mol. The number of rotatable bonds is 5. The first kappa shape index (κ1) is 26.8. The minimum absolute atomic E-state index is 0.109. The minimum atomic E-state index is -5.08. The molecule has 12 heteroatoms. The van der Waals surface area contributed by atoms with E-state index in [0.717, 1.165) is 23.5 Å². The molecule has 1 saturated carbocycles. The van der Waals surface area contributed by atoms with Crippen LogP contribution in [-0.4, -0.2) is 65.8 Å². The van der Waals surface area contributed by atoms with Gasteiger partial charge < -0.3 is 26.0 Å². The van der Waals surface area contributed by atoms with Crippen LogP contribution < -0.4 is 16.0 Å². The maximum atomic E-state index is 12.7. The van der Waals surface area contributed by atoms with Crippen LogP contribution in [0.1, 0.15) is 34.5 Å². The van der Waals surface area contributed by atoms with E-state index < -0.39 is 12.1 Å². The summed E-state index contributed by atoms with van der Waals surface area (Å²) >= 11 is 0. The molecular formula is C24H28F3N5O4. The summed E-state index contributed by atoms with van der Waals surface area (Å²) < 4.78 is 31.7. The van der Waals surface area contributed by atoms with E-state index in [4.69, 9.17) is 14.9 Å². The number of aliphatic carboxylic acids is 1. The number of urea groups is 1. The van der Waals surface area contributed by atoms with Gasteiger partial charge in [0, 0.05) is 44.5 Å². The zero-order valence-corrected chi connectivity index (χ0v) is 19.7. The van der Waals surface area contributed by atoms with Crippen molar-refractivity contribution < 1.29 is 32.7 Å². The molecule has 4 N–H and O–H groups in total. The van der Waals surface area contributed by atoms with Crippen molar-refractivity contribution in [2.24, 2.45) is 5.92 Å². The number of para-hydroxylation sites is 1. The number of carboxylic acid groups (broad SMARTS) is 1. The number of anilines is 2. The number of amides is 3. The lowest BCUT2D eigenvalue weighted by atomic mass is 10.1. The Morgan fingerprint density at radius 3 is 2.33 bits per heavy atom. The molecule has 0 spiro atoms. The SMILES string of the molecule is CNC(=O)c1cc2c(nc1NCC1CC1)CCN(C(=O)Nc1ccccc1)CC2.O=C(O)C(F)(F)F. The summed E-state index contributed by atoms with van der Waals surface area (Å²) in [6.45, 7) is 2.04. The Morgan fingerprint density at radius 2 is 1.75 bits per heavy atom. The first-order valence-corrected chi connectivity index (χ1v) is 11.5. The molecule has 2 heterocycles. The van der Waals surface area contributed by atoms with E-state index in [1.54, 1.807) is 7.05 Å². The van der Waals surface area contributed by atoms with Gasteiger partial charge in [0.1, 0.15) is 5.82 Å². The lowest BCUT2D eigenvalue weighted by Gasteiger charge is -2.20. The molecule has 1 aliphatic heterocycles. The van der Waals surface area contributed by atoms with Crippen molar-refractivity contribution >= 4 is 29.4 Å². The highest BCUT2D eigenvalue weighted by atomic mass is 19.4. The number of fused-ring (bicyclic) bond motifs is 1. The van der Waals surface area contributed by atoms with Crippen LogP contribution in [0.25, 0.3) is 0 Å². The Balaban J connectivity index is 0.000000454. The van der Waals surface area contributed by atoms with Gasteiger partial charge in [-0.25, -0.2) is 14.6 Å². The first-order valence-electron chi connectivity index (χ1n) is 11.5. The van der Waals surface area contributed by atoms with E-state index in [1.165, 1.54) is 12.8 Å². The van der Waals surface area contributed by atoms with Crippen LogP contribution in [0.5, 0.6) is 0 Å². The van der Waals surface area contributed by atoms with Crippen molar-refractivity contribution in [2.45, 2.75) is 31.9 Å². The largest absolute Gasteiger partial charge is 0.490 e. The summed E-state index contributed by atoms with van der Waals surface area (Å²) in [5.74, 6) is -1.56. The average molecular weight is 508 g/mol. The zero-order valence-electron chi connectivity index (χ0n) is 19.7. The molecule has 0 radical (unpaired) electrons. The Kier molecular flexibility index (Phi) is 8.73. The third-order valence-corrected chi connectivity index (χ3v) is 5.74. The van der Waals surface area contributed by atoms with E-state index in [9.17, 15) is 22.8 Å². The molecule has 0 unspecified atom stereocenters. The third-order valence-electron chi connectivity index (χ3n) is 5.74. The van der Waals surface area contributed by atoms with E-state index in [0.29, 0.717) is 43.2 Å². The number of alkyl halides is 3. The lowest BCUT2D eigenvalue weighted by Crippen LogP contribution is -2.36. The van der Waals surface area contributed by atoms with Crippen LogP contribution >= 0.6 is 0 Å². The molecule has 0 saturated heterocycles. The van der Waals surface area contributed by atoms with Crippen LogP contribution in [0.3, 0.4) is 0 Å². The molecule has 9 nitrogen and oxygen atoms in total. The van der Waals surface area contributed by atoms with Crippen molar-refractivity contribution in [3.63, 3.8) is 0 Å². The molecule has 3 amide bonds. The molecule has 1 aliphatic carbocycles. The fourth-order valence-electron chi connectivity index (χ4n) is 3.57. The standard InChI is InChI=1S/C22H27N5O2.C2HF3O2/c1-23-21(28)18-13-16-9-11-27(22(29)25-17-5-3-2-4-6-17)12-10-19(16)26-20(18)24-14-15-7-8-15;3-2(4,5)1(6)7/h2-6,13,15H,7-12,14H2,1H3,(H,23,28)(H,24,26)(H,25,29);(H,6,7). The Labute approximate surface area is 206 Å². The molecule has 0 atom stereocenters. The van der Waals surface area contributed by atoms with Crippen LogP contribution in [0.15, 0.2) is 36.4 Å². The maximum Gasteiger partial charge on any atom is 0.490 e. The number of pyridine rings is 1. The second-order valence-corrected chi connectivity index (χ2v) is 8.48. The monoisotopic (exact) mass is 507 g/mol. The highest BCUT2D eigenvalue weighted by Gasteiger charge is 2.38. The average Bonchev–Trinajstić information content (AvgIpc) is 3.69. The number of carbonyl (C=O) groups is 3. The second kappa shape index (κ2) is 11.7. The van der Waals surface area contributed by atoms with E-state index in [1.807, 2.05) is 41.3 Å². The number of hydrogen-bond donors (Lipinski definition) is 4. The number of nitrogens with one attached hydrogen (secondary N) is 3. The van der Waals surface area contributed by atoms with Gasteiger partial charge >= 0.3 is 18.2 Å². The Bertz CT molecular complexity index is 1090. The van der Waals surface area contributed by atoms with Gasteiger partial charge in [-0.15, -0.1) is 0 Å². The van der Waals surface area contributed by atoms with Crippen molar-refractivity contribution in [1.82, 2.24) is 15.2 Å². The highest BCUT2D eigenvalue weighted by molar-refractivity contribution is 5.99. The topological polar surface area (TPSA) is 124 Å². The molecule has 36 heavy (non-hydrogen) atoms. The number of aromatic nitrogens is 1. The second-order valence-electron chi connectivity index (χ2n) is 8.48. The van der Waals surface area contributed by atoms with Crippen LogP contribution in [-0.2, 0) is 17.6 Å². The predicted octanol–water partition coefficient (Wildman–Crippen LogP) is 3.53. The maximum absolute atomic E-state index is 12.7. The molecule has 0 bridgehead atoms. The quantitative estimate of drug-likeness (QED) is 0.491. The van der Waals surface area contributed by atoms with Gasteiger partial charge in [-0.2, -0.15) is 13.2 Å². The lowest BCUT2D eigenvalue weighted by molar-refractivity contribution is -0.192. The molecule has 2 aromatic rings. The van der Waals surface area contributed by atoms with Crippen molar-refractivity contribution in [2.75, 3.05) is 37.3 Å². The molecular weight excluding hydrogens is 479 g/mol. The van der Waals surface area contributed by atoms with Gasteiger partial charge in [-0.05, 0) is 48.9 Å². The zero-order chi connectivity index (χ0) is 26.3. The normalized spacial score (nSPS) is 14.9. The number of carbonyl (C=O) groups excluding carboxylic acids is 2. The summed E-state index contributed by atoms with van der Waals surface area (Å²) in [5.41, 5.74) is 3.36. The smallest absolute Gasteiger partial charge is 0.475 e. The summed E-state index contributed by atoms with van der Waals surface area (Å²) in [6, 6.07) is 11.3. The number of halogens is 3. The number of carboxylic acids is 1. The van der Waals surface area contributed by atoms with Crippen LogP contribution in [0.4, 0.5) is 29.5 Å². The number of hydrogen-bond acceptors (Lipinski definition) is 5. The van der Waals surface area contributed by atoms with Gasteiger partial charge in [0.25, 0.3) is 5.91 Å². The minimum Gasteiger partial charge on any atom is -0.475 e. The van der Waals surface area contributed by atoms with Crippen molar-refractivity contribution in [3.05, 3.63) is 53.2 Å². The van der Waals surface area contributed by atoms with Gasteiger partial charge in [0.05, 0.1) is 5.56 Å². The third kappa shape index (κ3) is 7.59. The van der Waals surface area contributed by atoms with Gasteiger partial charge in [0.15, 0.2) is 0 Å². The first-order chi connectivity index (χ1) is 17.1. The summed E-state index contributed by atoms with van der Waals surface area (Å²) in [6.07, 6.45) is -1.27. The fraction of sp³-hybridized carbons (Fsp3) is 0.417. The summed E-state index contributed by atoms with van der Waals surface area (Å²) in [5, 5.41) is 16.1. The van der Waals surface area contributed by atoms with Crippen molar-refractivity contribution in [3.8, 4) is 0 Å². The van der Waals surface area contributed by atoms with Gasteiger partial charge in [0.2, 0.25) is 0 Å². The van der Waals surface area contributed by atoms with Crippen molar-refractivity contribution in [1.29, 1.82) is 0 Å². The molecule has 194 valence electrons. The molecule has 4 rings (SSSR count). The van der Waals surface area contributed by atoms with Crippen LogP contribution in [0.2, 0.25) is 0 Å². The Morgan fingerprint density at radius 1 is 1.11 bits per heavy atom. The number of benzene rings is 1. The van der Waals surface area contributed by atoms with Crippen LogP contribution in [0, 0.1) is 5.92 Å². The molecule has 2 aliphatic rings. The molecule has 1 fully saturated rings. The molecule has 1 aromatic heterocycles. The van der Waals surface area contributed by atoms with E-state index in [2.05, 4.69) is 16.0 Å². The Hall–Kier alpha value is -3.83. The van der Waals surface area contributed by atoms with Gasteiger partial charge in [-0.1, -0.05) is 18.2 Å². The number of nitrogens with zero attached hydrogens (tertiary/aromatic N) is 2. The van der Waals surface area contributed by atoms with E-state index >= 15 is 0 Å². The van der Waals surface area contributed by atoms with E-state index in [-0.39, 0.29) is 11.9 Å².